The van der Waals surface area contributed by atoms with Crippen molar-refractivity contribution in [1.29, 1.82) is 0 Å². The Hall–Kier alpha value is -0.570. The molecule has 0 aliphatic carbocycles. The van der Waals surface area contributed by atoms with Gasteiger partial charge in [-0.1, -0.05) is 18.3 Å². The number of rotatable bonds is 0. The minimum Gasteiger partial charge on any atom is -0.305 e. The number of thioether (sulfide) groups is 1. The van der Waals surface area contributed by atoms with E-state index in [1.165, 1.54) is 0 Å². The highest BCUT2D eigenvalue weighted by Gasteiger charge is 2.00. The van der Waals surface area contributed by atoms with Gasteiger partial charge in [0.25, 0.3) is 0 Å². The van der Waals surface area contributed by atoms with Gasteiger partial charge in [-0.15, -0.1) is 0 Å². The highest BCUT2D eigenvalue weighted by atomic mass is 32.2. The lowest BCUT2D eigenvalue weighted by Gasteiger charge is -2.22. The van der Waals surface area contributed by atoms with Crippen LogP contribution in [0.3, 0.4) is 0 Å². The smallest absolute Gasteiger partial charge is 0.0868 e. The second kappa shape index (κ2) is 2.13. The highest BCUT2D eigenvalue weighted by molar-refractivity contribution is 8.05. The molecule has 0 saturated carbocycles. The molecule has 3 heteroatoms. The molecule has 0 fully saturated rings. The van der Waals surface area contributed by atoms with E-state index in [0.717, 1.165) is 5.03 Å². The molecule has 44 valence electrons. The van der Waals surface area contributed by atoms with E-state index < -0.39 is 0 Å². The predicted molar refractivity (Wildman–Crippen MR) is 36.8 cm³/mol. The molecule has 2 nitrogen and oxygen atoms in total. The normalized spacial score (nSPS) is 18.6. The van der Waals surface area contributed by atoms with Crippen LogP contribution in [0.4, 0.5) is 0 Å². The number of nitrogens with zero attached hydrogens (tertiary/aromatic N) is 1. The molecule has 0 bridgehead atoms. The third kappa shape index (κ3) is 0.980. The fourth-order valence-electron chi connectivity index (χ4n) is 0.406. The van der Waals surface area contributed by atoms with Crippen LogP contribution in [0.1, 0.15) is 0 Å². The maximum atomic E-state index is 3.77. The average molecular weight is 128 g/mol. The van der Waals surface area contributed by atoms with Crippen molar-refractivity contribution in [3.05, 3.63) is 23.2 Å². The Balaban J connectivity index is 2.57. The van der Waals surface area contributed by atoms with Crippen LogP contribution in [0.2, 0.25) is 0 Å². The van der Waals surface area contributed by atoms with E-state index in [2.05, 4.69) is 12.0 Å². The van der Waals surface area contributed by atoms with Gasteiger partial charge in [-0.2, -0.15) is 0 Å². The van der Waals surface area contributed by atoms with Crippen molar-refractivity contribution in [3.63, 3.8) is 0 Å². The van der Waals surface area contributed by atoms with Crippen LogP contribution in [0.5, 0.6) is 0 Å². The monoisotopic (exact) mass is 128 g/mol. The Morgan fingerprint density at radius 3 is 3.00 bits per heavy atom. The van der Waals surface area contributed by atoms with Crippen LogP contribution in [0.15, 0.2) is 23.2 Å². The van der Waals surface area contributed by atoms with Crippen LogP contribution in [0, 0.1) is 0 Å². The van der Waals surface area contributed by atoms with Gasteiger partial charge in [-0.25, -0.2) is 0 Å². The van der Waals surface area contributed by atoms with Crippen molar-refractivity contribution in [2.45, 2.75) is 0 Å². The molecule has 0 aromatic rings. The Morgan fingerprint density at radius 1 is 1.88 bits per heavy atom. The zero-order valence-electron chi connectivity index (χ0n) is 4.72. The van der Waals surface area contributed by atoms with Gasteiger partial charge in [0.15, 0.2) is 0 Å². The van der Waals surface area contributed by atoms with Crippen molar-refractivity contribution in [2.75, 3.05) is 7.05 Å². The van der Waals surface area contributed by atoms with Crippen LogP contribution >= 0.6 is 11.8 Å². The van der Waals surface area contributed by atoms with Crippen LogP contribution in [0.25, 0.3) is 0 Å². The fraction of sp³-hybridized carbons (Fsp3) is 0.200. The molecule has 0 atom stereocenters. The lowest BCUT2D eigenvalue weighted by Crippen LogP contribution is -2.29. The maximum Gasteiger partial charge on any atom is 0.0868 e. The third-order valence-electron chi connectivity index (χ3n) is 0.914. The highest BCUT2D eigenvalue weighted by Crippen LogP contribution is 2.18. The first kappa shape index (κ1) is 5.56. The van der Waals surface area contributed by atoms with Gasteiger partial charge >= 0.3 is 0 Å². The summed E-state index contributed by atoms with van der Waals surface area (Å²) in [6, 6.07) is 0. The van der Waals surface area contributed by atoms with Crippen molar-refractivity contribution in [2.24, 2.45) is 0 Å². The summed E-state index contributed by atoms with van der Waals surface area (Å²) < 4.78 is 0. The van der Waals surface area contributed by atoms with E-state index >= 15 is 0 Å². The van der Waals surface area contributed by atoms with Crippen LogP contribution < -0.4 is 5.43 Å². The molecule has 1 aliphatic heterocycles. The summed E-state index contributed by atoms with van der Waals surface area (Å²) in [6.07, 6.45) is 1.87. The Bertz CT molecular complexity index is 130. The molecule has 1 N–H and O–H groups in total. The second-order valence-electron chi connectivity index (χ2n) is 1.50. The Labute approximate surface area is 53.2 Å². The molecular formula is C5H8N2S. The quantitative estimate of drug-likeness (QED) is 0.526. The first-order valence-electron chi connectivity index (χ1n) is 2.31. The van der Waals surface area contributed by atoms with E-state index in [0.29, 0.717) is 0 Å². The van der Waals surface area contributed by atoms with E-state index in [1.54, 1.807) is 11.8 Å². The van der Waals surface area contributed by atoms with Gasteiger partial charge in [-0.05, 0) is 5.41 Å². The molecule has 0 radical (unpaired) electrons. The minimum atomic E-state index is 1.02. The summed E-state index contributed by atoms with van der Waals surface area (Å²) in [7, 11) is 1.93. The van der Waals surface area contributed by atoms with Crippen molar-refractivity contribution >= 4 is 11.8 Å². The summed E-state index contributed by atoms with van der Waals surface area (Å²) in [5, 5.41) is 4.85. The molecule has 0 unspecified atom stereocenters. The Morgan fingerprint density at radius 2 is 2.62 bits per heavy atom. The van der Waals surface area contributed by atoms with Gasteiger partial charge in [-0.3, -0.25) is 5.01 Å². The SMILES string of the molecule is C=C1SC=CNN1C. The molecule has 0 spiro atoms. The lowest BCUT2D eigenvalue weighted by atomic mass is 10.9. The van der Waals surface area contributed by atoms with Gasteiger partial charge in [0.1, 0.15) is 0 Å². The second-order valence-corrected chi connectivity index (χ2v) is 2.48. The first-order valence-corrected chi connectivity index (χ1v) is 3.19. The number of hydrogen-bond donors (Lipinski definition) is 1. The minimum absolute atomic E-state index is 1.02. The largest absolute Gasteiger partial charge is 0.305 e. The third-order valence-corrected chi connectivity index (χ3v) is 1.73. The zero-order valence-corrected chi connectivity index (χ0v) is 5.53. The van der Waals surface area contributed by atoms with Crippen LogP contribution in [-0.4, -0.2) is 12.1 Å². The van der Waals surface area contributed by atoms with E-state index in [9.17, 15) is 0 Å². The van der Waals surface area contributed by atoms with Gasteiger partial charge < -0.3 is 5.43 Å². The first-order chi connectivity index (χ1) is 3.80. The van der Waals surface area contributed by atoms with Gasteiger partial charge in [0, 0.05) is 13.2 Å². The molecule has 0 amide bonds. The molecule has 1 rings (SSSR count). The van der Waals surface area contributed by atoms with Crippen molar-refractivity contribution in [3.8, 4) is 0 Å². The molecule has 1 heterocycles. The summed E-state index contributed by atoms with van der Waals surface area (Å²) in [6.45, 7) is 3.77. The average Bonchev–Trinajstić information content (AvgIpc) is 1.77. The number of hydrazine groups is 1. The van der Waals surface area contributed by atoms with Crippen LogP contribution in [-0.2, 0) is 0 Å². The van der Waals surface area contributed by atoms with Gasteiger partial charge in [0.05, 0.1) is 5.03 Å². The van der Waals surface area contributed by atoms with E-state index in [1.807, 2.05) is 23.7 Å². The van der Waals surface area contributed by atoms with Crippen molar-refractivity contribution < 1.29 is 0 Å². The molecule has 0 saturated heterocycles. The molecule has 0 aromatic carbocycles. The topological polar surface area (TPSA) is 15.3 Å². The molecular weight excluding hydrogens is 120 g/mol. The predicted octanol–water partition coefficient (Wildman–Crippen LogP) is 1.11. The van der Waals surface area contributed by atoms with E-state index in [4.69, 9.17) is 0 Å². The number of hydrogen-bond acceptors (Lipinski definition) is 3. The fourth-order valence-corrected chi connectivity index (χ4v) is 0.903. The maximum absolute atomic E-state index is 3.77. The van der Waals surface area contributed by atoms with Crippen molar-refractivity contribution in [1.82, 2.24) is 10.4 Å². The molecule has 0 aromatic heterocycles. The summed E-state index contributed by atoms with van der Waals surface area (Å²) in [5.41, 5.74) is 2.96. The van der Waals surface area contributed by atoms with Gasteiger partial charge in [0.2, 0.25) is 0 Å². The Kier molecular flexibility index (Phi) is 1.48. The number of nitrogens with one attached hydrogen (secondary N) is 1. The summed E-state index contributed by atoms with van der Waals surface area (Å²) >= 11 is 1.61. The summed E-state index contributed by atoms with van der Waals surface area (Å²) in [5.74, 6) is 0. The molecule has 8 heavy (non-hydrogen) atoms. The summed E-state index contributed by atoms with van der Waals surface area (Å²) in [4.78, 5) is 0. The zero-order chi connectivity index (χ0) is 5.98. The standard InChI is InChI=1S/C5H8N2S/c1-5-7(2)6-3-4-8-5/h3-4,6H,1H2,2H3. The van der Waals surface area contributed by atoms with E-state index in [-0.39, 0.29) is 0 Å². The lowest BCUT2D eigenvalue weighted by molar-refractivity contribution is 0.376. The molecule has 1 aliphatic rings.